The van der Waals surface area contributed by atoms with E-state index >= 15 is 0 Å². The van der Waals surface area contributed by atoms with Gasteiger partial charge in [-0.15, -0.1) is 0 Å². The molecule has 3 aromatic carbocycles. The molecule has 0 aliphatic carbocycles. The lowest BCUT2D eigenvalue weighted by Gasteiger charge is -2.22. The zero-order valence-corrected chi connectivity index (χ0v) is 18.9. The van der Waals surface area contributed by atoms with Crippen LogP contribution in [-0.4, -0.2) is 40.3 Å². The first-order chi connectivity index (χ1) is 15.8. The third-order valence-electron chi connectivity index (χ3n) is 4.57. The maximum absolute atomic E-state index is 12.9. The molecular formula is C24H25FN2O5S. The van der Waals surface area contributed by atoms with Crippen molar-refractivity contribution < 1.29 is 27.1 Å². The lowest BCUT2D eigenvalue weighted by molar-refractivity contribution is -0.119. The summed E-state index contributed by atoms with van der Waals surface area (Å²) >= 11 is 0. The van der Waals surface area contributed by atoms with Gasteiger partial charge in [-0.25, -0.2) is 12.8 Å². The van der Waals surface area contributed by atoms with E-state index in [1.54, 1.807) is 24.3 Å². The Morgan fingerprint density at radius 1 is 0.909 bits per heavy atom. The third kappa shape index (κ3) is 7.80. The van der Waals surface area contributed by atoms with Crippen LogP contribution in [0.1, 0.15) is 5.56 Å². The molecule has 7 nitrogen and oxygen atoms in total. The van der Waals surface area contributed by atoms with Gasteiger partial charge in [-0.1, -0.05) is 30.3 Å². The van der Waals surface area contributed by atoms with E-state index in [0.717, 1.165) is 16.1 Å². The standard InChI is InChI=1S/C24H25FN2O5S/c1-33(29,30)27(17-24(28)26-15-16-31-22-11-7-20(25)8-12-22)21-9-13-23(14-10-21)32-18-19-5-3-2-4-6-19/h2-14H,15-18H2,1H3,(H,26,28). The summed E-state index contributed by atoms with van der Waals surface area (Å²) in [6.45, 7) is 0.335. The number of carbonyl (C=O) groups excluding carboxylic acids is 1. The number of benzene rings is 3. The van der Waals surface area contributed by atoms with Gasteiger partial charge in [0.25, 0.3) is 0 Å². The number of amides is 1. The minimum atomic E-state index is -3.69. The van der Waals surface area contributed by atoms with Gasteiger partial charge in [0.2, 0.25) is 15.9 Å². The molecule has 0 radical (unpaired) electrons. The minimum Gasteiger partial charge on any atom is -0.492 e. The first-order valence-corrected chi connectivity index (χ1v) is 12.1. The fourth-order valence-corrected chi connectivity index (χ4v) is 3.78. The molecule has 1 N–H and O–H groups in total. The highest BCUT2D eigenvalue weighted by molar-refractivity contribution is 7.92. The van der Waals surface area contributed by atoms with E-state index in [4.69, 9.17) is 9.47 Å². The zero-order valence-electron chi connectivity index (χ0n) is 18.1. The Labute approximate surface area is 192 Å². The Morgan fingerprint density at radius 3 is 2.15 bits per heavy atom. The Bertz CT molecular complexity index is 1140. The maximum Gasteiger partial charge on any atom is 0.240 e. The summed E-state index contributed by atoms with van der Waals surface area (Å²) in [6, 6.07) is 21.7. The quantitative estimate of drug-likeness (QED) is 0.433. The van der Waals surface area contributed by atoms with Gasteiger partial charge in [0, 0.05) is 0 Å². The van der Waals surface area contributed by atoms with E-state index in [0.29, 0.717) is 23.8 Å². The van der Waals surface area contributed by atoms with E-state index in [1.807, 2.05) is 30.3 Å². The van der Waals surface area contributed by atoms with Crippen molar-refractivity contribution >= 4 is 21.6 Å². The number of nitrogens with zero attached hydrogens (tertiary/aromatic N) is 1. The molecule has 0 unspecified atom stereocenters. The SMILES string of the molecule is CS(=O)(=O)N(CC(=O)NCCOc1ccc(F)cc1)c1ccc(OCc2ccccc2)cc1. The van der Waals surface area contributed by atoms with Crippen molar-refractivity contribution in [1.82, 2.24) is 5.32 Å². The average molecular weight is 473 g/mol. The summed E-state index contributed by atoms with van der Waals surface area (Å²) in [5.41, 5.74) is 1.36. The van der Waals surface area contributed by atoms with Crippen molar-refractivity contribution in [2.45, 2.75) is 6.61 Å². The molecule has 9 heteroatoms. The molecule has 174 valence electrons. The molecule has 0 heterocycles. The van der Waals surface area contributed by atoms with Gasteiger partial charge in [0.05, 0.1) is 18.5 Å². The first kappa shape index (κ1) is 24.1. The molecule has 0 aliphatic rings. The number of sulfonamides is 1. The molecule has 0 fully saturated rings. The van der Waals surface area contributed by atoms with Gasteiger partial charge >= 0.3 is 0 Å². The molecule has 0 atom stereocenters. The number of nitrogens with one attached hydrogen (secondary N) is 1. The zero-order chi connectivity index (χ0) is 23.7. The maximum atomic E-state index is 12.9. The molecule has 1 amide bonds. The van der Waals surface area contributed by atoms with Crippen LogP contribution in [0.5, 0.6) is 11.5 Å². The van der Waals surface area contributed by atoms with E-state index < -0.39 is 15.9 Å². The van der Waals surface area contributed by atoms with Gasteiger partial charge in [-0.3, -0.25) is 9.10 Å². The molecule has 3 rings (SSSR count). The van der Waals surface area contributed by atoms with Crippen molar-refractivity contribution in [3.63, 3.8) is 0 Å². The monoisotopic (exact) mass is 472 g/mol. The van der Waals surface area contributed by atoms with Crippen molar-refractivity contribution in [1.29, 1.82) is 0 Å². The summed E-state index contributed by atoms with van der Waals surface area (Å²) in [4.78, 5) is 12.3. The van der Waals surface area contributed by atoms with Gasteiger partial charge < -0.3 is 14.8 Å². The first-order valence-electron chi connectivity index (χ1n) is 10.2. The Hall–Kier alpha value is -3.59. The van der Waals surface area contributed by atoms with Crippen molar-refractivity contribution in [2.75, 3.05) is 30.3 Å². The molecule has 0 bridgehead atoms. The van der Waals surface area contributed by atoms with Crippen molar-refractivity contribution in [3.8, 4) is 11.5 Å². The fourth-order valence-electron chi connectivity index (χ4n) is 2.93. The van der Waals surface area contributed by atoms with Crippen LogP contribution < -0.4 is 19.1 Å². The smallest absolute Gasteiger partial charge is 0.240 e. The molecular weight excluding hydrogens is 447 g/mol. The number of hydrogen-bond donors (Lipinski definition) is 1. The molecule has 0 aliphatic heterocycles. The second kappa shape index (κ2) is 11.3. The number of ether oxygens (including phenoxy) is 2. The van der Waals surface area contributed by atoms with Crippen LogP contribution in [0, 0.1) is 5.82 Å². The van der Waals surface area contributed by atoms with E-state index in [2.05, 4.69) is 5.32 Å². The lowest BCUT2D eigenvalue weighted by atomic mass is 10.2. The molecule has 0 saturated carbocycles. The Balaban J connectivity index is 1.52. The van der Waals surface area contributed by atoms with E-state index in [9.17, 15) is 17.6 Å². The summed E-state index contributed by atoms with van der Waals surface area (Å²) in [5.74, 6) is 0.205. The van der Waals surface area contributed by atoms with Crippen molar-refractivity contribution in [3.05, 3.63) is 90.2 Å². The molecule has 0 aromatic heterocycles. The van der Waals surface area contributed by atoms with Crippen LogP contribution in [0.3, 0.4) is 0 Å². The number of rotatable bonds is 11. The summed E-state index contributed by atoms with van der Waals surface area (Å²) in [7, 11) is -3.69. The number of hydrogen-bond acceptors (Lipinski definition) is 5. The minimum absolute atomic E-state index is 0.156. The molecule has 33 heavy (non-hydrogen) atoms. The van der Waals surface area contributed by atoms with Gasteiger partial charge in [0.15, 0.2) is 0 Å². The van der Waals surface area contributed by atoms with Crippen molar-refractivity contribution in [2.24, 2.45) is 0 Å². The largest absolute Gasteiger partial charge is 0.492 e. The predicted octanol–water partition coefficient (Wildman–Crippen LogP) is 3.37. The number of halogens is 1. The van der Waals surface area contributed by atoms with Crippen LogP contribution in [0.25, 0.3) is 0 Å². The summed E-state index contributed by atoms with van der Waals surface area (Å²) in [6.07, 6.45) is 1.04. The second-order valence-electron chi connectivity index (χ2n) is 7.19. The summed E-state index contributed by atoms with van der Waals surface area (Å²) in [5, 5.41) is 2.62. The van der Waals surface area contributed by atoms with Crippen LogP contribution in [0.4, 0.5) is 10.1 Å². The van der Waals surface area contributed by atoms with Crippen LogP contribution >= 0.6 is 0 Å². The normalized spacial score (nSPS) is 11.0. The van der Waals surface area contributed by atoms with Crippen LogP contribution in [-0.2, 0) is 21.4 Å². The predicted molar refractivity (Wildman–Crippen MR) is 124 cm³/mol. The van der Waals surface area contributed by atoms with E-state index in [1.165, 1.54) is 24.3 Å². The van der Waals surface area contributed by atoms with Gasteiger partial charge in [-0.2, -0.15) is 0 Å². The topological polar surface area (TPSA) is 84.9 Å². The van der Waals surface area contributed by atoms with Gasteiger partial charge in [-0.05, 0) is 54.1 Å². The molecule has 0 spiro atoms. The number of anilines is 1. The van der Waals surface area contributed by atoms with Gasteiger partial charge in [0.1, 0.15) is 37.1 Å². The lowest BCUT2D eigenvalue weighted by Crippen LogP contribution is -2.41. The summed E-state index contributed by atoms with van der Waals surface area (Å²) < 4.78 is 49.6. The third-order valence-corrected chi connectivity index (χ3v) is 5.71. The fraction of sp³-hybridized carbons (Fsp3) is 0.208. The molecule has 3 aromatic rings. The number of carbonyl (C=O) groups is 1. The van der Waals surface area contributed by atoms with Crippen LogP contribution in [0.2, 0.25) is 0 Å². The van der Waals surface area contributed by atoms with Crippen LogP contribution in [0.15, 0.2) is 78.9 Å². The second-order valence-corrected chi connectivity index (χ2v) is 9.10. The molecule has 0 saturated heterocycles. The van der Waals surface area contributed by atoms with E-state index in [-0.39, 0.29) is 25.5 Å². The highest BCUT2D eigenvalue weighted by atomic mass is 32.2. The average Bonchev–Trinajstić information content (AvgIpc) is 2.80. The highest BCUT2D eigenvalue weighted by Gasteiger charge is 2.20. The Kier molecular flexibility index (Phi) is 8.26. The Morgan fingerprint density at radius 2 is 1.52 bits per heavy atom. The highest BCUT2D eigenvalue weighted by Crippen LogP contribution is 2.22.